The van der Waals surface area contributed by atoms with Gasteiger partial charge in [0.05, 0.1) is 16.0 Å². The Balaban J connectivity index is 1.91. The van der Waals surface area contributed by atoms with E-state index in [4.69, 9.17) is 5.73 Å². The van der Waals surface area contributed by atoms with Gasteiger partial charge in [0, 0.05) is 29.5 Å². The summed E-state index contributed by atoms with van der Waals surface area (Å²) in [6, 6.07) is 12.1. The van der Waals surface area contributed by atoms with Crippen molar-refractivity contribution in [1.82, 2.24) is 9.55 Å². The van der Waals surface area contributed by atoms with Crippen molar-refractivity contribution in [2.45, 2.75) is 24.4 Å². The Bertz CT molecular complexity index is 968. The highest BCUT2D eigenvalue weighted by molar-refractivity contribution is 7.98. The molecule has 0 unspecified atom stereocenters. The molecule has 128 valence electrons. The molecule has 3 rings (SSSR count). The molecule has 1 heterocycles. The predicted octanol–water partition coefficient (Wildman–Crippen LogP) is 3.36. The smallest absolute Gasteiger partial charge is 0.274 e. The van der Waals surface area contributed by atoms with Crippen molar-refractivity contribution in [2.24, 2.45) is 5.73 Å². The molecule has 0 atom stereocenters. The van der Waals surface area contributed by atoms with Crippen molar-refractivity contribution in [3.8, 4) is 0 Å². The highest BCUT2D eigenvalue weighted by Crippen LogP contribution is 2.30. The predicted molar refractivity (Wildman–Crippen MR) is 96.6 cm³/mol. The maximum absolute atomic E-state index is 11.3. The van der Waals surface area contributed by atoms with Crippen LogP contribution in [0.2, 0.25) is 0 Å². The Kier molecular flexibility index (Phi) is 4.71. The fourth-order valence-corrected chi connectivity index (χ4v) is 3.70. The molecular weight excluding hydrogens is 340 g/mol. The number of nitrogens with two attached hydrogens (primary N) is 1. The van der Waals surface area contributed by atoms with E-state index >= 15 is 0 Å². The summed E-state index contributed by atoms with van der Waals surface area (Å²) in [4.78, 5) is 26.6. The van der Waals surface area contributed by atoms with Crippen LogP contribution in [0.25, 0.3) is 11.0 Å². The molecule has 2 N–H and O–H groups in total. The van der Waals surface area contributed by atoms with Crippen LogP contribution in [-0.2, 0) is 12.3 Å². The van der Waals surface area contributed by atoms with Gasteiger partial charge in [-0.25, -0.2) is 4.98 Å². The number of carbonyl (C=O) groups excluding carboxylic acids is 1. The Morgan fingerprint density at radius 2 is 2.08 bits per heavy atom. The standard InChI is InChI=1S/C17H16N4O3S/c1-2-20-14-6-4-3-5-13(14)19-17(20)25-10-12-8-7-11(16(18)22)9-15(12)21(23)24/h3-9H,2,10H2,1H3,(H2,18,22). The second-order valence-electron chi connectivity index (χ2n) is 5.38. The maximum atomic E-state index is 11.3. The van der Waals surface area contributed by atoms with E-state index in [2.05, 4.69) is 9.55 Å². The summed E-state index contributed by atoms with van der Waals surface area (Å²) in [6.45, 7) is 2.79. The summed E-state index contributed by atoms with van der Waals surface area (Å²) in [5.74, 6) is -0.311. The number of imidazole rings is 1. The molecule has 25 heavy (non-hydrogen) atoms. The largest absolute Gasteiger partial charge is 0.366 e. The number of amides is 1. The number of primary amides is 1. The minimum atomic E-state index is -0.685. The molecule has 3 aromatic rings. The average molecular weight is 356 g/mol. The zero-order valence-electron chi connectivity index (χ0n) is 13.5. The molecule has 1 amide bonds. The van der Waals surface area contributed by atoms with Crippen LogP contribution in [0.15, 0.2) is 47.6 Å². The molecule has 0 saturated carbocycles. The van der Waals surface area contributed by atoms with Crippen molar-refractivity contribution in [1.29, 1.82) is 0 Å². The first kappa shape index (κ1) is 17.0. The minimum Gasteiger partial charge on any atom is -0.366 e. The number of para-hydroxylation sites is 2. The van der Waals surface area contributed by atoms with E-state index in [0.717, 1.165) is 22.7 Å². The van der Waals surface area contributed by atoms with Crippen molar-refractivity contribution in [3.05, 3.63) is 63.7 Å². The number of nitro groups is 1. The molecule has 0 bridgehead atoms. The summed E-state index contributed by atoms with van der Waals surface area (Å²) in [7, 11) is 0. The fourth-order valence-electron chi connectivity index (χ4n) is 2.62. The molecular formula is C17H16N4O3S. The number of nitrogens with zero attached hydrogens (tertiary/aromatic N) is 3. The summed E-state index contributed by atoms with van der Waals surface area (Å²) < 4.78 is 2.07. The lowest BCUT2D eigenvalue weighted by molar-refractivity contribution is -0.385. The third kappa shape index (κ3) is 3.34. The topological polar surface area (TPSA) is 104 Å². The summed E-state index contributed by atoms with van der Waals surface area (Å²) in [5.41, 5.74) is 7.67. The van der Waals surface area contributed by atoms with Gasteiger partial charge in [0.2, 0.25) is 5.91 Å². The monoisotopic (exact) mass is 356 g/mol. The number of nitro benzene ring substituents is 1. The number of rotatable bonds is 6. The third-order valence-corrected chi connectivity index (χ3v) is 4.88. The first-order chi connectivity index (χ1) is 12.0. The van der Waals surface area contributed by atoms with E-state index in [0.29, 0.717) is 11.3 Å². The summed E-state index contributed by atoms with van der Waals surface area (Å²) in [6.07, 6.45) is 0. The Hall–Kier alpha value is -2.87. The number of carbonyl (C=O) groups is 1. The number of fused-ring (bicyclic) bond motifs is 1. The van der Waals surface area contributed by atoms with Crippen molar-refractivity contribution >= 4 is 34.4 Å². The van der Waals surface area contributed by atoms with Gasteiger partial charge in [0.15, 0.2) is 5.16 Å². The molecule has 0 saturated heterocycles. The second-order valence-corrected chi connectivity index (χ2v) is 6.32. The number of aromatic nitrogens is 2. The number of thioether (sulfide) groups is 1. The van der Waals surface area contributed by atoms with E-state index in [1.54, 1.807) is 6.07 Å². The van der Waals surface area contributed by atoms with Crippen LogP contribution in [0.3, 0.4) is 0 Å². The number of aryl methyl sites for hydroxylation is 1. The average Bonchev–Trinajstić information content (AvgIpc) is 2.97. The Labute approximate surface area is 148 Å². The highest BCUT2D eigenvalue weighted by Gasteiger charge is 2.18. The molecule has 7 nitrogen and oxygen atoms in total. The molecule has 8 heteroatoms. The number of benzene rings is 2. The van der Waals surface area contributed by atoms with Crippen LogP contribution in [0, 0.1) is 10.1 Å². The molecule has 0 aliphatic heterocycles. The zero-order chi connectivity index (χ0) is 18.0. The summed E-state index contributed by atoms with van der Waals surface area (Å²) >= 11 is 1.43. The lowest BCUT2D eigenvalue weighted by atomic mass is 10.1. The second kappa shape index (κ2) is 6.94. The van der Waals surface area contributed by atoms with Crippen LogP contribution in [0.1, 0.15) is 22.8 Å². The van der Waals surface area contributed by atoms with Gasteiger partial charge >= 0.3 is 0 Å². The van der Waals surface area contributed by atoms with Crippen LogP contribution >= 0.6 is 11.8 Å². The van der Waals surface area contributed by atoms with Gasteiger partial charge in [-0.05, 0) is 25.1 Å². The normalized spacial score (nSPS) is 10.9. The number of hydrogen-bond acceptors (Lipinski definition) is 5. The van der Waals surface area contributed by atoms with Crippen LogP contribution in [0.5, 0.6) is 0 Å². The highest BCUT2D eigenvalue weighted by atomic mass is 32.2. The number of hydrogen-bond donors (Lipinski definition) is 1. The lowest BCUT2D eigenvalue weighted by Gasteiger charge is -2.07. The zero-order valence-corrected chi connectivity index (χ0v) is 14.3. The Morgan fingerprint density at radius 3 is 2.76 bits per heavy atom. The summed E-state index contributed by atoms with van der Waals surface area (Å²) in [5, 5.41) is 12.1. The minimum absolute atomic E-state index is 0.108. The lowest BCUT2D eigenvalue weighted by Crippen LogP contribution is -2.11. The molecule has 0 aliphatic rings. The van der Waals surface area contributed by atoms with E-state index < -0.39 is 10.8 Å². The molecule has 2 aromatic carbocycles. The fraction of sp³-hybridized carbons (Fsp3) is 0.176. The van der Waals surface area contributed by atoms with Crippen molar-refractivity contribution < 1.29 is 9.72 Å². The first-order valence-electron chi connectivity index (χ1n) is 7.66. The van der Waals surface area contributed by atoms with Crippen molar-refractivity contribution in [3.63, 3.8) is 0 Å². The molecule has 0 aliphatic carbocycles. The van der Waals surface area contributed by atoms with Crippen LogP contribution in [-0.4, -0.2) is 20.4 Å². The van der Waals surface area contributed by atoms with Crippen LogP contribution < -0.4 is 5.73 Å². The van der Waals surface area contributed by atoms with E-state index in [1.807, 2.05) is 31.2 Å². The molecule has 0 radical (unpaired) electrons. The van der Waals surface area contributed by atoms with Gasteiger partial charge in [0.1, 0.15) is 0 Å². The van der Waals surface area contributed by atoms with Gasteiger partial charge in [0.25, 0.3) is 5.69 Å². The Morgan fingerprint density at radius 1 is 1.32 bits per heavy atom. The van der Waals surface area contributed by atoms with Gasteiger partial charge < -0.3 is 10.3 Å². The van der Waals surface area contributed by atoms with Gasteiger partial charge in [-0.1, -0.05) is 30.0 Å². The first-order valence-corrected chi connectivity index (χ1v) is 8.65. The molecule has 0 spiro atoms. The maximum Gasteiger partial charge on any atom is 0.274 e. The third-order valence-electron chi connectivity index (χ3n) is 3.86. The van der Waals surface area contributed by atoms with Crippen LogP contribution in [0.4, 0.5) is 5.69 Å². The van der Waals surface area contributed by atoms with Gasteiger partial charge in [-0.15, -0.1) is 0 Å². The SMILES string of the molecule is CCn1c(SCc2ccc(C(N)=O)cc2[N+](=O)[O-])nc2ccccc21. The quantitative estimate of drug-likeness (QED) is 0.414. The molecule has 0 fully saturated rings. The van der Waals surface area contributed by atoms with Gasteiger partial charge in [-0.2, -0.15) is 0 Å². The van der Waals surface area contributed by atoms with E-state index in [-0.39, 0.29) is 11.3 Å². The van der Waals surface area contributed by atoms with E-state index in [9.17, 15) is 14.9 Å². The van der Waals surface area contributed by atoms with E-state index in [1.165, 1.54) is 23.9 Å². The van der Waals surface area contributed by atoms with Crippen molar-refractivity contribution in [2.75, 3.05) is 0 Å². The van der Waals surface area contributed by atoms with Gasteiger partial charge in [-0.3, -0.25) is 14.9 Å². The molecule has 1 aromatic heterocycles.